The molecule has 0 saturated carbocycles. The molecule has 0 unspecified atom stereocenters. The highest BCUT2D eigenvalue weighted by molar-refractivity contribution is 7.80. The smallest absolute Gasteiger partial charge is 0.309 e. The molecule has 1 aliphatic rings. The second-order valence-electron chi connectivity index (χ2n) is 6.15. The SMILES string of the molecule is CCCOc1ccc(C(=O)NC(=S)N2CCC(C(=O)OCC)CC2)cc1. The van der Waals surface area contributed by atoms with Crippen molar-refractivity contribution in [2.45, 2.75) is 33.1 Å². The van der Waals surface area contributed by atoms with Gasteiger partial charge < -0.3 is 14.4 Å². The second kappa shape index (κ2) is 10.1. The predicted octanol–water partition coefficient (Wildman–Crippen LogP) is 2.77. The Hall–Kier alpha value is -2.15. The van der Waals surface area contributed by atoms with Crippen molar-refractivity contribution in [1.29, 1.82) is 0 Å². The molecule has 1 amide bonds. The van der Waals surface area contributed by atoms with Gasteiger partial charge in [-0.2, -0.15) is 0 Å². The highest BCUT2D eigenvalue weighted by Crippen LogP contribution is 2.19. The fourth-order valence-electron chi connectivity index (χ4n) is 2.75. The zero-order valence-corrected chi connectivity index (χ0v) is 16.1. The molecule has 142 valence electrons. The van der Waals surface area contributed by atoms with Gasteiger partial charge in [-0.1, -0.05) is 6.92 Å². The summed E-state index contributed by atoms with van der Waals surface area (Å²) in [5, 5.41) is 3.15. The monoisotopic (exact) mass is 378 g/mol. The Balaban J connectivity index is 1.82. The van der Waals surface area contributed by atoms with Crippen molar-refractivity contribution in [2.24, 2.45) is 5.92 Å². The van der Waals surface area contributed by atoms with E-state index in [-0.39, 0.29) is 17.8 Å². The molecule has 0 aliphatic carbocycles. The minimum atomic E-state index is -0.246. The molecule has 1 aliphatic heterocycles. The Morgan fingerprint density at radius 2 is 1.85 bits per heavy atom. The molecule has 0 bridgehead atoms. The van der Waals surface area contributed by atoms with Gasteiger partial charge in [-0.25, -0.2) is 0 Å². The van der Waals surface area contributed by atoms with Gasteiger partial charge in [-0.15, -0.1) is 0 Å². The largest absolute Gasteiger partial charge is 0.494 e. The van der Waals surface area contributed by atoms with Crippen LogP contribution in [0.2, 0.25) is 0 Å². The molecule has 1 heterocycles. The Morgan fingerprint density at radius 1 is 1.19 bits per heavy atom. The van der Waals surface area contributed by atoms with Gasteiger partial charge in [0.1, 0.15) is 5.75 Å². The Kier molecular flexibility index (Phi) is 7.84. The van der Waals surface area contributed by atoms with Gasteiger partial charge in [0.05, 0.1) is 19.1 Å². The number of rotatable bonds is 6. The number of likely N-dealkylation sites (tertiary alicyclic amines) is 1. The van der Waals surface area contributed by atoms with Crippen molar-refractivity contribution in [1.82, 2.24) is 10.2 Å². The van der Waals surface area contributed by atoms with Crippen molar-refractivity contribution >= 4 is 29.2 Å². The molecule has 1 aromatic rings. The first-order valence-corrected chi connectivity index (χ1v) is 9.45. The quantitative estimate of drug-likeness (QED) is 0.606. The molecule has 6 nitrogen and oxygen atoms in total. The zero-order valence-electron chi connectivity index (χ0n) is 15.3. The number of hydrogen-bond donors (Lipinski definition) is 1. The van der Waals surface area contributed by atoms with E-state index in [0.29, 0.717) is 49.8 Å². The summed E-state index contributed by atoms with van der Waals surface area (Å²) in [6.45, 7) is 6.16. The summed E-state index contributed by atoms with van der Waals surface area (Å²) in [7, 11) is 0. The van der Waals surface area contributed by atoms with E-state index in [0.717, 1.165) is 12.2 Å². The van der Waals surface area contributed by atoms with Crippen LogP contribution in [0, 0.1) is 5.92 Å². The number of esters is 1. The van der Waals surface area contributed by atoms with Crippen LogP contribution in [0.5, 0.6) is 5.75 Å². The van der Waals surface area contributed by atoms with Crippen molar-refractivity contribution in [2.75, 3.05) is 26.3 Å². The van der Waals surface area contributed by atoms with Crippen LogP contribution in [-0.2, 0) is 9.53 Å². The van der Waals surface area contributed by atoms with Gasteiger partial charge in [0.25, 0.3) is 5.91 Å². The van der Waals surface area contributed by atoms with Crippen molar-refractivity contribution in [3.8, 4) is 5.75 Å². The predicted molar refractivity (Wildman–Crippen MR) is 103 cm³/mol. The molecule has 1 saturated heterocycles. The summed E-state index contributed by atoms with van der Waals surface area (Å²) in [4.78, 5) is 26.0. The average Bonchev–Trinajstić information content (AvgIpc) is 2.67. The number of piperidine rings is 1. The molecule has 0 radical (unpaired) electrons. The summed E-state index contributed by atoms with van der Waals surface area (Å²) in [6.07, 6.45) is 2.29. The molecule has 0 spiro atoms. The molecular weight excluding hydrogens is 352 g/mol. The van der Waals surface area contributed by atoms with Gasteiger partial charge >= 0.3 is 5.97 Å². The number of benzene rings is 1. The van der Waals surface area contributed by atoms with Crippen LogP contribution in [0.3, 0.4) is 0 Å². The summed E-state index contributed by atoms with van der Waals surface area (Å²) < 4.78 is 10.6. The van der Waals surface area contributed by atoms with Gasteiger partial charge in [-0.05, 0) is 62.7 Å². The molecule has 1 fully saturated rings. The molecule has 26 heavy (non-hydrogen) atoms. The zero-order chi connectivity index (χ0) is 18.9. The van der Waals surface area contributed by atoms with Gasteiger partial charge in [0, 0.05) is 18.7 Å². The molecule has 2 rings (SSSR count). The van der Waals surface area contributed by atoms with Crippen molar-refractivity contribution in [3.05, 3.63) is 29.8 Å². The number of nitrogens with one attached hydrogen (secondary N) is 1. The summed E-state index contributed by atoms with van der Waals surface area (Å²) in [5.74, 6) is 0.268. The number of amides is 1. The maximum absolute atomic E-state index is 12.3. The van der Waals surface area contributed by atoms with E-state index in [9.17, 15) is 9.59 Å². The fraction of sp³-hybridized carbons (Fsp3) is 0.526. The van der Waals surface area contributed by atoms with E-state index in [4.69, 9.17) is 21.7 Å². The van der Waals surface area contributed by atoms with E-state index in [1.54, 1.807) is 31.2 Å². The van der Waals surface area contributed by atoms with Crippen LogP contribution in [0.25, 0.3) is 0 Å². The summed E-state index contributed by atoms with van der Waals surface area (Å²) in [6, 6.07) is 6.99. The fourth-order valence-corrected chi connectivity index (χ4v) is 3.02. The number of ether oxygens (including phenoxy) is 2. The number of carbonyl (C=O) groups is 2. The Labute approximate surface area is 159 Å². The standard InChI is InChI=1S/C19H26N2O4S/c1-3-13-25-16-7-5-14(6-8-16)17(22)20-19(26)21-11-9-15(10-12-21)18(23)24-4-2/h5-8,15H,3-4,9-13H2,1-2H3,(H,20,22,26). The number of hydrogen-bond acceptors (Lipinski definition) is 5. The van der Waals surface area contributed by atoms with E-state index in [1.807, 2.05) is 11.8 Å². The lowest BCUT2D eigenvalue weighted by atomic mass is 9.97. The third-order valence-electron chi connectivity index (χ3n) is 4.21. The topological polar surface area (TPSA) is 67.9 Å². The van der Waals surface area contributed by atoms with E-state index in [1.165, 1.54) is 0 Å². The first-order chi connectivity index (χ1) is 12.5. The maximum atomic E-state index is 12.3. The van der Waals surface area contributed by atoms with Crippen LogP contribution >= 0.6 is 12.2 Å². The molecule has 1 N–H and O–H groups in total. The second-order valence-corrected chi connectivity index (χ2v) is 6.53. The number of thiocarbonyl (C=S) groups is 1. The highest BCUT2D eigenvalue weighted by atomic mass is 32.1. The van der Waals surface area contributed by atoms with Crippen LogP contribution in [0.1, 0.15) is 43.5 Å². The normalized spacial score (nSPS) is 14.6. The van der Waals surface area contributed by atoms with Crippen molar-refractivity contribution < 1.29 is 19.1 Å². The van der Waals surface area contributed by atoms with E-state index < -0.39 is 0 Å². The third-order valence-corrected chi connectivity index (χ3v) is 4.57. The average molecular weight is 378 g/mol. The maximum Gasteiger partial charge on any atom is 0.309 e. The summed E-state index contributed by atoms with van der Waals surface area (Å²) in [5.41, 5.74) is 0.526. The number of nitrogens with zero attached hydrogens (tertiary/aromatic N) is 1. The third kappa shape index (κ3) is 5.69. The minimum Gasteiger partial charge on any atom is -0.494 e. The first kappa shape index (κ1) is 20.2. The lowest BCUT2D eigenvalue weighted by molar-refractivity contribution is -0.149. The lowest BCUT2D eigenvalue weighted by Gasteiger charge is -2.32. The minimum absolute atomic E-state index is 0.0830. The van der Waals surface area contributed by atoms with Gasteiger partial charge in [-0.3, -0.25) is 14.9 Å². The molecule has 0 atom stereocenters. The first-order valence-electron chi connectivity index (χ1n) is 9.04. The van der Waals surface area contributed by atoms with Crippen LogP contribution < -0.4 is 10.1 Å². The Bertz CT molecular complexity index is 625. The highest BCUT2D eigenvalue weighted by Gasteiger charge is 2.27. The van der Waals surface area contributed by atoms with Gasteiger partial charge in [0.2, 0.25) is 0 Å². The van der Waals surface area contributed by atoms with E-state index in [2.05, 4.69) is 5.32 Å². The van der Waals surface area contributed by atoms with Crippen LogP contribution in [-0.4, -0.2) is 48.2 Å². The Morgan fingerprint density at radius 3 is 2.42 bits per heavy atom. The molecule has 1 aromatic carbocycles. The summed E-state index contributed by atoms with van der Waals surface area (Å²) >= 11 is 5.34. The molecule has 0 aromatic heterocycles. The van der Waals surface area contributed by atoms with Crippen molar-refractivity contribution in [3.63, 3.8) is 0 Å². The molecule has 7 heteroatoms. The van der Waals surface area contributed by atoms with Crippen LogP contribution in [0.4, 0.5) is 0 Å². The van der Waals surface area contributed by atoms with Gasteiger partial charge in [0.15, 0.2) is 5.11 Å². The lowest BCUT2D eigenvalue weighted by Crippen LogP contribution is -2.47. The number of carbonyl (C=O) groups excluding carboxylic acids is 2. The van der Waals surface area contributed by atoms with Crippen LogP contribution in [0.15, 0.2) is 24.3 Å². The molecular formula is C19H26N2O4S. The van der Waals surface area contributed by atoms with E-state index >= 15 is 0 Å².